The lowest BCUT2D eigenvalue weighted by Crippen LogP contribution is -2.24. The van der Waals surface area contributed by atoms with Gasteiger partial charge in [-0.3, -0.25) is 4.79 Å². The number of rotatable bonds is 5. The fourth-order valence-corrected chi connectivity index (χ4v) is 4.01. The van der Waals surface area contributed by atoms with Crippen molar-refractivity contribution in [1.82, 2.24) is 0 Å². The van der Waals surface area contributed by atoms with E-state index in [4.69, 9.17) is 9.47 Å². The lowest BCUT2D eigenvalue weighted by atomic mass is 9.98. The van der Waals surface area contributed by atoms with Crippen LogP contribution in [0, 0.1) is 0 Å². The molecule has 2 aromatic carbocycles. The smallest absolute Gasteiger partial charge is 0.227 e. The predicted octanol–water partition coefficient (Wildman–Crippen LogP) is 4.54. The van der Waals surface area contributed by atoms with Gasteiger partial charge in [0.15, 0.2) is 11.5 Å². The van der Waals surface area contributed by atoms with Crippen molar-refractivity contribution in [3.63, 3.8) is 0 Å². The van der Waals surface area contributed by atoms with Crippen molar-refractivity contribution < 1.29 is 14.3 Å². The number of methoxy groups -OCH3 is 1. The molecule has 0 spiro atoms. The van der Waals surface area contributed by atoms with E-state index in [1.165, 1.54) is 12.8 Å². The summed E-state index contributed by atoms with van der Waals surface area (Å²) in [6.07, 6.45) is 5.49. The van der Waals surface area contributed by atoms with Crippen LogP contribution in [-0.4, -0.2) is 25.7 Å². The third kappa shape index (κ3) is 3.41. The van der Waals surface area contributed by atoms with Crippen molar-refractivity contribution in [1.29, 1.82) is 0 Å². The summed E-state index contributed by atoms with van der Waals surface area (Å²) in [7, 11) is 1.67. The van der Waals surface area contributed by atoms with Gasteiger partial charge in [-0.1, -0.05) is 24.3 Å². The summed E-state index contributed by atoms with van der Waals surface area (Å²) < 4.78 is 11.7. The molecule has 0 radical (unpaired) electrons. The normalized spacial score (nSPS) is 20.6. The molecule has 1 amide bonds. The number of benzene rings is 2. The SMILES string of the molecule is COc1ccc([C@H]2CC(=O)N(c3ccccc3)C2)cc1OC1CCCC1. The van der Waals surface area contributed by atoms with Gasteiger partial charge < -0.3 is 14.4 Å². The van der Waals surface area contributed by atoms with E-state index in [2.05, 4.69) is 12.1 Å². The van der Waals surface area contributed by atoms with Crippen LogP contribution in [0.15, 0.2) is 48.5 Å². The largest absolute Gasteiger partial charge is 0.493 e. The van der Waals surface area contributed by atoms with Crippen LogP contribution in [-0.2, 0) is 4.79 Å². The molecule has 2 aromatic rings. The molecule has 1 heterocycles. The highest BCUT2D eigenvalue weighted by Crippen LogP contribution is 2.38. The van der Waals surface area contributed by atoms with Crippen LogP contribution in [0.2, 0.25) is 0 Å². The molecule has 1 saturated heterocycles. The Morgan fingerprint density at radius 1 is 1.00 bits per heavy atom. The molecule has 4 nitrogen and oxygen atoms in total. The zero-order valence-corrected chi connectivity index (χ0v) is 15.2. The molecular formula is C22H25NO3. The first-order valence-corrected chi connectivity index (χ1v) is 9.44. The van der Waals surface area contributed by atoms with E-state index >= 15 is 0 Å². The van der Waals surface area contributed by atoms with Crippen LogP contribution in [0.25, 0.3) is 0 Å². The number of anilines is 1. The Labute approximate surface area is 154 Å². The van der Waals surface area contributed by atoms with Gasteiger partial charge in [-0.15, -0.1) is 0 Å². The third-order valence-corrected chi connectivity index (χ3v) is 5.45. The molecular weight excluding hydrogens is 326 g/mol. The monoisotopic (exact) mass is 351 g/mol. The van der Waals surface area contributed by atoms with Crippen molar-refractivity contribution in [2.24, 2.45) is 0 Å². The molecule has 4 heteroatoms. The number of carbonyl (C=O) groups excluding carboxylic acids is 1. The molecule has 0 N–H and O–H groups in total. The van der Waals surface area contributed by atoms with Crippen molar-refractivity contribution >= 4 is 11.6 Å². The van der Waals surface area contributed by atoms with Crippen molar-refractivity contribution in [3.05, 3.63) is 54.1 Å². The lowest BCUT2D eigenvalue weighted by Gasteiger charge is -2.19. The highest BCUT2D eigenvalue weighted by atomic mass is 16.5. The van der Waals surface area contributed by atoms with Gasteiger partial charge in [-0.25, -0.2) is 0 Å². The number of ether oxygens (including phenoxy) is 2. The first kappa shape index (κ1) is 17.0. The van der Waals surface area contributed by atoms with Crippen LogP contribution >= 0.6 is 0 Å². The Morgan fingerprint density at radius 2 is 1.77 bits per heavy atom. The fourth-order valence-electron chi connectivity index (χ4n) is 4.01. The zero-order valence-electron chi connectivity index (χ0n) is 15.2. The molecule has 0 aromatic heterocycles. The highest BCUT2D eigenvalue weighted by molar-refractivity contribution is 5.96. The van der Waals surface area contributed by atoms with Crippen molar-refractivity contribution in [2.45, 2.75) is 44.1 Å². The summed E-state index contributed by atoms with van der Waals surface area (Å²) in [5.74, 6) is 1.93. The van der Waals surface area contributed by atoms with Crippen LogP contribution < -0.4 is 14.4 Å². The molecule has 1 saturated carbocycles. The molecule has 1 aliphatic heterocycles. The van der Waals surface area contributed by atoms with E-state index < -0.39 is 0 Å². The summed E-state index contributed by atoms with van der Waals surface area (Å²) in [6.45, 7) is 0.706. The van der Waals surface area contributed by atoms with E-state index in [1.54, 1.807) is 7.11 Å². The minimum atomic E-state index is 0.176. The zero-order chi connectivity index (χ0) is 17.9. The Kier molecular flexibility index (Phi) is 4.83. The molecule has 1 atom stereocenters. The lowest BCUT2D eigenvalue weighted by molar-refractivity contribution is -0.117. The predicted molar refractivity (Wildman–Crippen MR) is 102 cm³/mol. The summed E-state index contributed by atoms with van der Waals surface area (Å²) in [5, 5.41) is 0. The Bertz CT molecular complexity index is 768. The standard InChI is InChI=1S/C22H25NO3/c1-25-20-12-11-16(13-21(20)26-19-9-5-6-10-19)17-14-22(24)23(15-17)18-7-3-2-4-8-18/h2-4,7-8,11-13,17,19H,5-6,9-10,14-15H2,1H3/t17-/m0/s1. The van der Waals surface area contributed by atoms with Gasteiger partial charge in [0, 0.05) is 24.6 Å². The molecule has 0 unspecified atom stereocenters. The summed E-state index contributed by atoms with van der Waals surface area (Å²) in [5.41, 5.74) is 2.11. The summed E-state index contributed by atoms with van der Waals surface area (Å²) in [6, 6.07) is 16.0. The van der Waals surface area contributed by atoms with Gasteiger partial charge in [0.2, 0.25) is 5.91 Å². The summed E-state index contributed by atoms with van der Waals surface area (Å²) >= 11 is 0. The van der Waals surface area contributed by atoms with Gasteiger partial charge in [0.05, 0.1) is 13.2 Å². The first-order chi connectivity index (χ1) is 12.7. The van der Waals surface area contributed by atoms with Gasteiger partial charge in [0.1, 0.15) is 0 Å². The second-order valence-corrected chi connectivity index (χ2v) is 7.18. The number of nitrogens with zero attached hydrogens (tertiary/aromatic N) is 1. The van der Waals surface area contributed by atoms with Gasteiger partial charge in [0.25, 0.3) is 0 Å². The van der Waals surface area contributed by atoms with Crippen LogP contribution in [0.4, 0.5) is 5.69 Å². The molecule has 2 aliphatic rings. The van der Waals surface area contributed by atoms with E-state index in [0.29, 0.717) is 13.0 Å². The molecule has 4 rings (SSSR count). The van der Waals surface area contributed by atoms with E-state index in [0.717, 1.165) is 35.6 Å². The van der Waals surface area contributed by atoms with Crippen LogP contribution in [0.1, 0.15) is 43.6 Å². The first-order valence-electron chi connectivity index (χ1n) is 9.44. The third-order valence-electron chi connectivity index (χ3n) is 5.45. The van der Waals surface area contributed by atoms with Crippen molar-refractivity contribution in [3.8, 4) is 11.5 Å². The number of amides is 1. The fraction of sp³-hybridized carbons (Fsp3) is 0.409. The average molecular weight is 351 g/mol. The Morgan fingerprint density at radius 3 is 2.50 bits per heavy atom. The van der Waals surface area contributed by atoms with Crippen LogP contribution in [0.3, 0.4) is 0 Å². The minimum Gasteiger partial charge on any atom is -0.493 e. The second kappa shape index (κ2) is 7.40. The molecule has 136 valence electrons. The molecule has 0 bridgehead atoms. The summed E-state index contributed by atoms with van der Waals surface area (Å²) in [4.78, 5) is 14.4. The van der Waals surface area contributed by atoms with Gasteiger partial charge in [-0.2, -0.15) is 0 Å². The van der Waals surface area contributed by atoms with Crippen molar-refractivity contribution in [2.75, 3.05) is 18.6 Å². The number of hydrogen-bond acceptors (Lipinski definition) is 3. The van der Waals surface area contributed by atoms with E-state index in [9.17, 15) is 4.79 Å². The van der Waals surface area contributed by atoms with Gasteiger partial charge >= 0.3 is 0 Å². The maximum absolute atomic E-state index is 12.5. The number of hydrogen-bond donors (Lipinski definition) is 0. The quantitative estimate of drug-likeness (QED) is 0.794. The van der Waals surface area contributed by atoms with Crippen LogP contribution in [0.5, 0.6) is 11.5 Å². The average Bonchev–Trinajstić information content (AvgIpc) is 3.32. The molecule has 2 fully saturated rings. The topological polar surface area (TPSA) is 38.8 Å². The second-order valence-electron chi connectivity index (χ2n) is 7.18. The molecule has 1 aliphatic carbocycles. The Hall–Kier alpha value is -2.49. The maximum atomic E-state index is 12.5. The number of carbonyl (C=O) groups is 1. The maximum Gasteiger partial charge on any atom is 0.227 e. The van der Waals surface area contributed by atoms with E-state index in [1.807, 2.05) is 41.3 Å². The highest BCUT2D eigenvalue weighted by Gasteiger charge is 2.32. The minimum absolute atomic E-state index is 0.176. The Balaban J connectivity index is 1.55. The van der Waals surface area contributed by atoms with E-state index in [-0.39, 0.29) is 17.9 Å². The number of para-hydroxylation sites is 1. The molecule has 26 heavy (non-hydrogen) atoms. The van der Waals surface area contributed by atoms with Gasteiger partial charge in [-0.05, 0) is 55.5 Å².